The molecule has 0 atom stereocenters. The second-order valence-corrected chi connectivity index (χ2v) is 9.29. The third-order valence-electron chi connectivity index (χ3n) is 5.99. The average Bonchev–Trinajstić information content (AvgIpc) is 3.33. The van der Waals surface area contributed by atoms with Gasteiger partial charge in [-0.15, -0.1) is 0 Å². The molecule has 0 aliphatic rings. The summed E-state index contributed by atoms with van der Waals surface area (Å²) in [6.45, 7) is 0.608. The molecule has 0 aliphatic carbocycles. The first-order valence-electron chi connectivity index (χ1n) is 11.5. The molecule has 4 aromatic carbocycles. The molecule has 0 radical (unpaired) electrons. The number of hydrogen-bond acceptors (Lipinski definition) is 2. The van der Waals surface area contributed by atoms with Gasteiger partial charge in [0, 0.05) is 29.6 Å². The van der Waals surface area contributed by atoms with E-state index in [1.54, 1.807) is 18.2 Å². The maximum Gasteiger partial charge on any atom is 0.257 e. The Kier molecular flexibility index (Phi) is 7.17. The van der Waals surface area contributed by atoms with E-state index in [0.717, 1.165) is 11.4 Å². The lowest BCUT2D eigenvalue weighted by Crippen LogP contribution is -2.14. The number of halogens is 2. The Hall–Kier alpha value is -3.86. The summed E-state index contributed by atoms with van der Waals surface area (Å²) in [6, 6.07) is 33.4. The molecule has 1 aromatic heterocycles. The predicted molar refractivity (Wildman–Crippen MR) is 146 cm³/mol. The van der Waals surface area contributed by atoms with Gasteiger partial charge >= 0.3 is 0 Å². The van der Waals surface area contributed by atoms with E-state index in [0.29, 0.717) is 27.8 Å². The van der Waals surface area contributed by atoms with Crippen molar-refractivity contribution in [2.75, 3.05) is 5.32 Å². The van der Waals surface area contributed by atoms with Gasteiger partial charge in [0.25, 0.3) is 5.91 Å². The van der Waals surface area contributed by atoms with Crippen molar-refractivity contribution in [1.82, 2.24) is 9.55 Å². The van der Waals surface area contributed by atoms with Crippen molar-refractivity contribution in [2.24, 2.45) is 0 Å². The van der Waals surface area contributed by atoms with Gasteiger partial charge in [-0.3, -0.25) is 4.79 Å². The molecule has 0 bridgehead atoms. The minimum atomic E-state index is -0.287. The molecule has 0 spiro atoms. The van der Waals surface area contributed by atoms with E-state index in [1.807, 2.05) is 48.8 Å². The maximum atomic E-state index is 12.8. The van der Waals surface area contributed by atoms with Crippen LogP contribution in [0.2, 0.25) is 10.0 Å². The number of hydrogen-bond donors (Lipinski definition) is 1. The van der Waals surface area contributed by atoms with Gasteiger partial charge in [0.2, 0.25) is 0 Å². The highest BCUT2D eigenvalue weighted by Crippen LogP contribution is 2.31. The molecular formula is C30H23Cl2N3O. The Morgan fingerprint density at radius 1 is 0.833 bits per heavy atom. The number of carbonyl (C=O) groups is 1. The molecule has 0 aliphatic heterocycles. The average molecular weight is 512 g/mol. The summed E-state index contributed by atoms with van der Waals surface area (Å²) in [5.41, 5.74) is 4.45. The van der Waals surface area contributed by atoms with E-state index >= 15 is 0 Å². The molecule has 0 fully saturated rings. The number of amides is 1. The quantitative estimate of drug-likeness (QED) is 0.243. The zero-order valence-electron chi connectivity index (χ0n) is 19.3. The summed E-state index contributed by atoms with van der Waals surface area (Å²) >= 11 is 12.2. The third-order valence-corrected chi connectivity index (χ3v) is 6.53. The molecule has 1 amide bonds. The van der Waals surface area contributed by atoms with Crippen LogP contribution in [0.1, 0.15) is 38.8 Å². The van der Waals surface area contributed by atoms with Crippen LogP contribution in [0.25, 0.3) is 0 Å². The standard InChI is InChI=1S/C30H23Cl2N3O/c31-24-14-15-26(27(32)19-24)30(36)34-25-13-7-8-21(18-25)20-35-17-16-33-29(35)28(22-9-3-1-4-10-22)23-11-5-2-6-12-23/h1-19,28H,20H2,(H,34,36). The highest BCUT2D eigenvalue weighted by molar-refractivity contribution is 6.37. The number of imidazole rings is 1. The van der Waals surface area contributed by atoms with Gasteiger partial charge in [-0.2, -0.15) is 0 Å². The highest BCUT2D eigenvalue weighted by Gasteiger charge is 2.21. The largest absolute Gasteiger partial charge is 0.330 e. The lowest BCUT2D eigenvalue weighted by molar-refractivity contribution is 0.102. The molecule has 0 saturated heterocycles. The van der Waals surface area contributed by atoms with E-state index in [9.17, 15) is 4.79 Å². The normalized spacial score (nSPS) is 11.0. The van der Waals surface area contributed by atoms with Crippen LogP contribution in [-0.4, -0.2) is 15.5 Å². The van der Waals surface area contributed by atoms with Crippen molar-refractivity contribution < 1.29 is 4.79 Å². The molecular weight excluding hydrogens is 489 g/mol. The summed E-state index contributed by atoms with van der Waals surface area (Å²) in [6.07, 6.45) is 3.83. The fourth-order valence-electron chi connectivity index (χ4n) is 4.31. The number of rotatable bonds is 7. The number of anilines is 1. The molecule has 0 unspecified atom stereocenters. The van der Waals surface area contributed by atoms with Crippen LogP contribution >= 0.6 is 23.2 Å². The summed E-state index contributed by atoms with van der Waals surface area (Å²) in [5, 5.41) is 3.73. The second-order valence-electron chi connectivity index (χ2n) is 8.45. The SMILES string of the molecule is O=C(Nc1cccc(Cn2ccnc2C(c2ccccc2)c2ccccc2)c1)c1ccc(Cl)cc1Cl. The third kappa shape index (κ3) is 5.35. The first-order valence-corrected chi connectivity index (χ1v) is 12.3. The number of benzene rings is 4. The van der Waals surface area contributed by atoms with Crippen LogP contribution in [0.5, 0.6) is 0 Å². The summed E-state index contributed by atoms with van der Waals surface area (Å²) in [5.74, 6) is 0.664. The van der Waals surface area contributed by atoms with Crippen LogP contribution in [0.4, 0.5) is 5.69 Å². The fraction of sp³-hybridized carbons (Fsp3) is 0.0667. The first kappa shape index (κ1) is 23.9. The van der Waals surface area contributed by atoms with Crippen LogP contribution < -0.4 is 5.32 Å². The smallest absolute Gasteiger partial charge is 0.257 e. The summed E-state index contributed by atoms with van der Waals surface area (Å²) in [7, 11) is 0. The Morgan fingerprint density at radius 3 is 2.19 bits per heavy atom. The highest BCUT2D eigenvalue weighted by atomic mass is 35.5. The number of aromatic nitrogens is 2. The Morgan fingerprint density at radius 2 is 1.53 bits per heavy atom. The molecule has 1 heterocycles. The zero-order valence-corrected chi connectivity index (χ0v) is 20.8. The van der Waals surface area contributed by atoms with Crippen molar-refractivity contribution in [3.63, 3.8) is 0 Å². The van der Waals surface area contributed by atoms with Crippen molar-refractivity contribution in [3.05, 3.63) is 154 Å². The van der Waals surface area contributed by atoms with Crippen molar-refractivity contribution >= 4 is 34.8 Å². The molecule has 4 nitrogen and oxygen atoms in total. The van der Waals surface area contributed by atoms with E-state index in [2.05, 4.69) is 58.4 Å². The van der Waals surface area contributed by atoms with Crippen LogP contribution in [0, 0.1) is 0 Å². The van der Waals surface area contributed by atoms with E-state index in [1.165, 1.54) is 11.1 Å². The van der Waals surface area contributed by atoms with Crippen molar-refractivity contribution in [3.8, 4) is 0 Å². The number of nitrogens with one attached hydrogen (secondary N) is 1. The van der Waals surface area contributed by atoms with Crippen LogP contribution in [0.15, 0.2) is 116 Å². The topological polar surface area (TPSA) is 46.9 Å². The monoisotopic (exact) mass is 511 g/mol. The van der Waals surface area contributed by atoms with Crippen molar-refractivity contribution in [1.29, 1.82) is 0 Å². The number of nitrogens with zero attached hydrogens (tertiary/aromatic N) is 2. The van der Waals surface area contributed by atoms with Gasteiger partial charge in [-0.25, -0.2) is 4.98 Å². The van der Waals surface area contributed by atoms with E-state index in [4.69, 9.17) is 28.2 Å². The molecule has 5 rings (SSSR count). The maximum absolute atomic E-state index is 12.8. The van der Waals surface area contributed by atoms with Gasteiger partial charge in [0.05, 0.1) is 16.5 Å². The van der Waals surface area contributed by atoms with Gasteiger partial charge in [0.1, 0.15) is 5.82 Å². The Balaban J connectivity index is 1.41. The van der Waals surface area contributed by atoms with Gasteiger partial charge in [-0.05, 0) is 47.0 Å². The van der Waals surface area contributed by atoms with Crippen LogP contribution in [-0.2, 0) is 6.54 Å². The Labute approximate surface area is 220 Å². The molecule has 36 heavy (non-hydrogen) atoms. The van der Waals surface area contributed by atoms with Crippen LogP contribution in [0.3, 0.4) is 0 Å². The lowest BCUT2D eigenvalue weighted by atomic mass is 9.90. The molecule has 178 valence electrons. The molecule has 5 aromatic rings. The predicted octanol–water partition coefficient (Wildman–Crippen LogP) is 7.67. The van der Waals surface area contributed by atoms with E-state index < -0.39 is 0 Å². The van der Waals surface area contributed by atoms with Gasteiger partial charge in [0.15, 0.2) is 0 Å². The summed E-state index contributed by atoms with van der Waals surface area (Å²) < 4.78 is 2.15. The minimum absolute atomic E-state index is 0.00247. The summed E-state index contributed by atoms with van der Waals surface area (Å²) in [4.78, 5) is 17.5. The molecule has 6 heteroatoms. The van der Waals surface area contributed by atoms with E-state index in [-0.39, 0.29) is 11.8 Å². The number of carbonyl (C=O) groups excluding carboxylic acids is 1. The fourth-order valence-corrected chi connectivity index (χ4v) is 4.81. The van der Waals surface area contributed by atoms with Gasteiger partial charge < -0.3 is 9.88 Å². The zero-order chi connectivity index (χ0) is 24.9. The minimum Gasteiger partial charge on any atom is -0.330 e. The first-order chi connectivity index (χ1) is 17.6. The Bertz CT molecular complexity index is 1440. The van der Waals surface area contributed by atoms with Crippen molar-refractivity contribution in [2.45, 2.75) is 12.5 Å². The second kappa shape index (κ2) is 10.8. The molecule has 1 N–H and O–H groups in total. The molecule has 0 saturated carbocycles. The lowest BCUT2D eigenvalue weighted by Gasteiger charge is -2.20. The van der Waals surface area contributed by atoms with Gasteiger partial charge in [-0.1, -0.05) is 96.0 Å².